The van der Waals surface area contributed by atoms with E-state index in [9.17, 15) is 4.79 Å². The van der Waals surface area contributed by atoms with Crippen molar-refractivity contribution in [3.8, 4) is 0 Å². The molecule has 0 bridgehead atoms. The van der Waals surface area contributed by atoms with E-state index in [1.54, 1.807) is 12.1 Å². The summed E-state index contributed by atoms with van der Waals surface area (Å²) < 4.78 is 0. The van der Waals surface area contributed by atoms with Crippen molar-refractivity contribution in [3.63, 3.8) is 0 Å². The summed E-state index contributed by atoms with van der Waals surface area (Å²) in [4.78, 5) is 15.8. The molecular weight excluding hydrogens is 248 g/mol. The topological polar surface area (TPSA) is 56.0 Å². The molecule has 0 aliphatic heterocycles. The first kappa shape index (κ1) is 11.5. The van der Waals surface area contributed by atoms with Gasteiger partial charge in [-0.05, 0) is 43.4 Å². The van der Waals surface area contributed by atoms with Crippen molar-refractivity contribution < 1.29 is 4.79 Å². The number of amides is 1. The van der Waals surface area contributed by atoms with Crippen LogP contribution in [0.3, 0.4) is 0 Å². The van der Waals surface area contributed by atoms with E-state index in [2.05, 4.69) is 4.98 Å². The van der Waals surface area contributed by atoms with Crippen LogP contribution in [0, 0.1) is 0 Å². The average Bonchev–Trinajstić information content (AvgIpc) is 2.38. The Morgan fingerprint density at radius 1 is 1.28 bits per heavy atom. The third-order valence-electron chi connectivity index (χ3n) is 3.48. The number of primary amides is 1. The molecule has 0 atom stereocenters. The molecule has 0 saturated heterocycles. The Bertz CT molecular complexity index is 652. The zero-order chi connectivity index (χ0) is 12.7. The smallest absolute Gasteiger partial charge is 0.248 e. The number of carbonyl (C=O) groups excluding carboxylic acids is 1. The largest absolute Gasteiger partial charge is 0.366 e. The first-order chi connectivity index (χ1) is 8.66. The van der Waals surface area contributed by atoms with Gasteiger partial charge in [0.05, 0.1) is 10.5 Å². The summed E-state index contributed by atoms with van der Waals surface area (Å²) in [5, 5.41) is 1.69. The van der Waals surface area contributed by atoms with Gasteiger partial charge in [0.1, 0.15) is 0 Å². The quantitative estimate of drug-likeness (QED) is 0.857. The van der Waals surface area contributed by atoms with E-state index in [4.69, 9.17) is 17.3 Å². The number of halogens is 1. The fourth-order valence-corrected chi connectivity index (χ4v) is 2.88. The van der Waals surface area contributed by atoms with E-state index in [0.717, 1.165) is 40.9 Å². The molecule has 92 valence electrons. The van der Waals surface area contributed by atoms with Gasteiger partial charge in [-0.2, -0.15) is 0 Å². The van der Waals surface area contributed by atoms with Crippen LogP contribution in [-0.2, 0) is 12.8 Å². The van der Waals surface area contributed by atoms with E-state index in [0.29, 0.717) is 5.56 Å². The summed E-state index contributed by atoms with van der Waals surface area (Å²) in [6.07, 6.45) is 4.27. The first-order valence-corrected chi connectivity index (χ1v) is 6.45. The van der Waals surface area contributed by atoms with Crippen molar-refractivity contribution in [1.29, 1.82) is 0 Å². The molecule has 0 spiro atoms. The van der Waals surface area contributed by atoms with E-state index in [1.165, 1.54) is 12.0 Å². The lowest BCUT2D eigenvalue weighted by molar-refractivity contribution is 0.100. The molecule has 1 aromatic heterocycles. The highest BCUT2D eigenvalue weighted by Crippen LogP contribution is 2.32. The third kappa shape index (κ3) is 1.75. The minimum Gasteiger partial charge on any atom is -0.366 e. The Kier molecular flexibility index (Phi) is 2.71. The number of nitrogens with zero attached hydrogens (tertiary/aromatic N) is 1. The van der Waals surface area contributed by atoms with Crippen molar-refractivity contribution in [2.24, 2.45) is 5.73 Å². The van der Waals surface area contributed by atoms with Crippen molar-refractivity contribution in [3.05, 3.63) is 40.0 Å². The second-order valence-electron chi connectivity index (χ2n) is 4.65. The summed E-state index contributed by atoms with van der Waals surface area (Å²) in [5.74, 6) is -0.437. The molecule has 0 unspecified atom stereocenters. The number of hydrogen-bond donors (Lipinski definition) is 1. The van der Waals surface area contributed by atoms with Crippen LogP contribution in [0.2, 0.25) is 5.02 Å². The molecule has 1 aliphatic rings. The van der Waals surface area contributed by atoms with E-state index in [1.807, 2.05) is 6.07 Å². The van der Waals surface area contributed by atoms with Crippen molar-refractivity contribution in [2.45, 2.75) is 25.7 Å². The number of nitrogens with two attached hydrogens (primary N) is 1. The molecule has 0 fully saturated rings. The number of hydrogen-bond acceptors (Lipinski definition) is 2. The summed E-state index contributed by atoms with van der Waals surface area (Å²) in [5.41, 5.74) is 8.75. The Morgan fingerprint density at radius 2 is 2.06 bits per heavy atom. The van der Waals surface area contributed by atoms with Crippen molar-refractivity contribution >= 4 is 28.4 Å². The molecule has 0 saturated carbocycles. The number of fused-ring (bicyclic) bond motifs is 2. The summed E-state index contributed by atoms with van der Waals surface area (Å²) in [7, 11) is 0. The Morgan fingerprint density at radius 3 is 2.83 bits per heavy atom. The van der Waals surface area contributed by atoms with Gasteiger partial charge in [-0.25, -0.2) is 0 Å². The van der Waals surface area contributed by atoms with Crippen LogP contribution in [0.25, 0.3) is 10.9 Å². The van der Waals surface area contributed by atoms with Crippen LogP contribution >= 0.6 is 11.6 Å². The van der Waals surface area contributed by atoms with Crippen LogP contribution in [0.5, 0.6) is 0 Å². The molecule has 0 radical (unpaired) electrons. The Balaban J connectivity index is 2.28. The van der Waals surface area contributed by atoms with Gasteiger partial charge in [0.15, 0.2) is 0 Å². The summed E-state index contributed by atoms with van der Waals surface area (Å²) in [6.45, 7) is 0. The van der Waals surface area contributed by atoms with Gasteiger partial charge >= 0.3 is 0 Å². The molecule has 1 heterocycles. The zero-order valence-electron chi connectivity index (χ0n) is 9.87. The SMILES string of the molecule is NC(=O)c1ccc2c(Cl)c3c(nc2c1)CCCC3. The molecular formula is C14H13ClN2O. The maximum absolute atomic E-state index is 11.2. The average molecular weight is 261 g/mol. The fourth-order valence-electron chi connectivity index (χ4n) is 2.52. The minimum absolute atomic E-state index is 0.437. The highest BCUT2D eigenvalue weighted by atomic mass is 35.5. The van der Waals surface area contributed by atoms with Crippen LogP contribution in [0.1, 0.15) is 34.5 Å². The van der Waals surface area contributed by atoms with Gasteiger partial charge in [0, 0.05) is 16.6 Å². The predicted octanol–water partition coefficient (Wildman–Crippen LogP) is 2.87. The molecule has 2 N–H and O–H groups in total. The van der Waals surface area contributed by atoms with E-state index >= 15 is 0 Å². The standard InChI is InChI=1S/C14H13ClN2O/c15-13-9-3-1-2-4-11(9)17-12-7-8(14(16)18)5-6-10(12)13/h5-7H,1-4H2,(H2,16,18). The fraction of sp³-hybridized carbons (Fsp3) is 0.286. The van der Waals surface area contributed by atoms with Crippen molar-refractivity contribution in [1.82, 2.24) is 4.98 Å². The van der Waals surface area contributed by atoms with Gasteiger partial charge in [-0.3, -0.25) is 9.78 Å². The molecule has 3 rings (SSSR count). The number of aryl methyl sites for hydroxylation is 1. The second kappa shape index (κ2) is 4.25. The number of carbonyl (C=O) groups is 1. The molecule has 3 nitrogen and oxygen atoms in total. The Labute approximate surface area is 110 Å². The Hall–Kier alpha value is -1.61. The number of pyridine rings is 1. The number of rotatable bonds is 1. The molecule has 4 heteroatoms. The van der Waals surface area contributed by atoms with Crippen LogP contribution in [-0.4, -0.2) is 10.9 Å². The van der Waals surface area contributed by atoms with Gasteiger partial charge < -0.3 is 5.73 Å². The normalized spacial score (nSPS) is 14.5. The van der Waals surface area contributed by atoms with Gasteiger partial charge in [0.25, 0.3) is 0 Å². The molecule has 18 heavy (non-hydrogen) atoms. The van der Waals surface area contributed by atoms with Gasteiger partial charge in [0.2, 0.25) is 5.91 Å². The second-order valence-corrected chi connectivity index (χ2v) is 5.03. The lowest BCUT2D eigenvalue weighted by atomic mass is 9.94. The van der Waals surface area contributed by atoms with Gasteiger partial charge in [-0.15, -0.1) is 0 Å². The zero-order valence-corrected chi connectivity index (χ0v) is 10.6. The van der Waals surface area contributed by atoms with Crippen molar-refractivity contribution in [2.75, 3.05) is 0 Å². The highest BCUT2D eigenvalue weighted by molar-refractivity contribution is 6.36. The molecule has 1 amide bonds. The molecule has 1 aliphatic carbocycles. The van der Waals surface area contributed by atoms with Gasteiger partial charge in [-0.1, -0.05) is 17.7 Å². The lowest BCUT2D eigenvalue weighted by Gasteiger charge is -2.17. The molecule has 1 aromatic carbocycles. The summed E-state index contributed by atoms with van der Waals surface area (Å²) in [6, 6.07) is 5.26. The highest BCUT2D eigenvalue weighted by Gasteiger charge is 2.17. The maximum atomic E-state index is 11.2. The van der Waals surface area contributed by atoms with Crippen LogP contribution in [0.4, 0.5) is 0 Å². The third-order valence-corrected chi connectivity index (χ3v) is 3.91. The van der Waals surface area contributed by atoms with Crippen LogP contribution in [0.15, 0.2) is 18.2 Å². The molecule has 2 aromatic rings. The maximum Gasteiger partial charge on any atom is 0.248 e. The number of aromatic nitrogens is 1. The minimum atomic E-state index is -0.437. The predicted molar refractivity (Wildman–Crippen MR) is 71.9 cm³/mol. The van der Waals surface area contributed by atoms with Crippen LogP contribution < -0.4 is 5.73 Å². The first-order valence-electron chi connectivity index (χ1n) is 6.07. The lowest BCUT2D eigenvalue weighted by Crippen LogP contribution is -2.11. The summed E-state index contributed by atoms with van der Waals surface area (Å²) >= 11 is 6.44. The van der Waals surface area contributed by atoms with E-state index in [-0.39, 0.29) is 0 Å². The monoisotopic (exact) mass is 260 g/mol. The number of benzene rings is 1. The van der Waals surface area contributed by atoms with E-state index < -0.39 is 5.91 Å².